The molecule has 214 valence electrons. The van der Waals surface area contributed by atoms with E-state index in [1.165, 1.54) is 25.3 Å². The number of halogens is 2. The number of phenols is 1. The molecule has 10 heteroatoms. The SMILES string of the molecule is COC(=O)C(Oc1cc(O)c2c(=O)cc(-c3ccccc3)oc2c1)c1cc(-c2ccc(Cl)c(Cl)c2)n(-c2ccccc2)n1. The molecule has 2 aromatic heterocycles. The summed E-state index contributed by atoms with van der Waals surface area (Å²) in [5, 5.41) is 16.2. The average Bonchev–Trinajstić information content (AvgIpc) is 3.46. The lowest BCUT2D eigenvalue weighted by Gasteiger charge is -2.16. The van der Waals surface area contributed by atoms with Gasteiger partial charge in [0.1, 0.15) is 33.9 Å². The van der Waals surface area contributed by atoms with Crippen molar-refractivity contribution in [2.45, 2.75) is 6.10 Å². The highest BCUT2D eigenvalue weighted by molar-refractivity contribution is 6.42. The van der Waals surface area contributed by atoms with Gasteiger partial charge in [-0.3, -0.25) is 4.79 Å². The lowest BCUT2D eigenvalue weighted by Crippen LogP contribution is -2.21. The van der Waals surface area contributed by atoms with Crippen LogP contribution >= 0.6 is 23.2 Å². The highest BCUT2D eigenvalue weighted by Gasteiger charge is 2.29. The van der Waals surface area contributed by atoms with E-state index in [9.17, 15) is 14.7 Å². The van der Waals surface area contributed by atoms with Crippen LogP contribution in [0.15, 0.2) is 112 Å². The molecule has 0 saturated heterocycles. The summed E-state index contributed by atoms with van der Waals surface area (Å²) in [6, 6.07) is 29.2. The van der Waals surface area contributed by atoms with Crippen molar-refractivity contribution < 1.29 is 23.8 Å². The predicted octanol–water partition coefficient (Wildman–Crippen LogP) is 7.62. The van der Waals surface area contributed by atoms with E-state index in [-0.39, 0.29) is 28.2 Å². The molecule has 6 aromatic rings. The second kappa shape index (κ2) is 11.7. The van der Waals surface area contributed by atoms with Gasteiger partial charge in [0.05, 0.1) is 28.5 Å². The van der Waals surface area contributed by atoms with Crippen LogP contribution in [0.25, 0.3) is 39.2 Å². The van der Waals surface area contributed by atoms with Gasteiger partial charge in [0.2, 0.25) is 6.10 Å². The number of aromatic nitrogens is 2. The van der Waals surface area contributed by atoms with Crippen LogP contribution in [-0.2, 0) is 9.53 Å². The molecular formula is C33H22Cl2N2O6. The first-order valence-corrected chi connectivity index (χ1v) is 13.8. The van der Waals surface area contributed by atoms with Crippen LogP contribution in [0.3, 0.4) is 0 Å². The lowest BCUT2D eigenvalue weighted by molar-refractivity contribution is -0.149. The smallest absolute Gasteiger partial charge is 0.353 e. The zero-order valence-corrected chi connectivity index (χ0v) is 24.0. The van der Waals surface area contributed by atoms with E-state index < -0.39 is 17.5 Å². The van der Waals surface area contributed by atoms with Crippen molar-refractivity contribution in [2.24, 2.45) is 0 Å². The molecule has 8 nitrogen and oxygen atoms in total. The maximum Gasteiger partial charge on any atom is 0.353 e. The predicted molar refractivity (Wildman–Crippen MR) is 164 cm³/mol. The van der Waals surface area contributed by atoms with E-state index in [0.717, 1.165) is 5.69 Å². The topological polar surface area (TPSA) is 104 Å². The molecule has 0 aliphatic heterocycles. The Kier molecular flexibility index (Phi) is 7.63. The van der Waals surface area contributed by atoms with Gasteiger partial charge in [0.15, 0.2) is 5.43 Å². The summed E-state index contributed by atoms with van der Waals surface area (Å²) in [6.45, 7) is 0. The Morgan fingerprint density at radius 2 is 1.60 bits per heavy atom. The lowest BCUT2D eigenvalue weighted by atomic mass is 10.1. The number of para-hydroxylation sites is 1. The fraction of sp³-hybridized carbons (Fsp3) is 0.0606. The van der Waals surface area contributed by atoms with Crippen molar-refractivity contribution in [3.63, 3.8) is 0 Å². The van der Waals surface area contributed by atoms with Crippen molar-refractivity contribution in [1.29, 1.82) is 0 Å². The van der Waals surface area contributed by atoms with Crippen molar-refractivity contribution in [2.75, 3.05) is 7.11 Å². The number of aromatic hydroxyl groups is 1. The van der Waals surface area contributed by atoms with Gasteiger partial charge in [-0.25, -0.2) is 9.48 Å². The molecule has 1 N–H and O–H groups in total. The van der Waals surface area contributed by atoms with Gasteiger partial charge < -0.3 is 19.0 Å². The third-order valence-corrected chi connectivity index (χ3v) is 7.46. The average molecular weight is 613 g/mol. The fourth-order valence-electron chi connectivity index (χ4n) is 4.68. The molecule has 0 fully saturated rings. The van der Waals surface area contributed by atoms with Crippen LogP contribution in [0.4, 0.5) is 0 Å². The maximum atomic E-state index is 13.1. The van der Waals surface area contributed by atoms with Crippen LogP contribution in [0, 0.1) is 0 Å². The van der Waals surface area contributed by atoms with Crippen LogP contribution in [0.2, 0.25) is 10.0 Å². The van der Waals surface area contributed by atoms with E-state index in [4.69, 9.17) is 42.2 Å². The van der Waals surface area contributed by atoms with Crippen LogP contribution in [-0.4, -0.2) is 28.0 Å². The van der Waals surface area contributed by atoms with Crippen LogP contribution < -0.4 is 10.2 Å². The number of carbonyl (C=O) groups excluding carboxylic acids is 1. The number of hydrogen-bond donors (Lipinski definition) is 1. The zero-order chi connectivity index (χ0) is 30.1. The molecule has 2 heterocycles. The molecule has 0 bridgehead atoms. The molecule has 0 aliphatic rings. The number of rotatable bonds is 7. The second-order valence-electron chi connectivity index (χ2n) is 9.51. The highest BCUT2D eigenvalue weighted by Crippen LogP contribution is 2.36. The second-order valence-corrected chi connectivity index (χ2v) is 10.3. The number of benzene rings is 4. The van der Waals surface area contributed by atoms with E-state index in [1.807, 2.05) is 48.5 Å². The van der Waals surface area contributed by atoms with E-state index in [1.54, 1.807) is 41.1 Å². The Bertz CT molecular complexity index is 2020. The molecule has 0 radical (unpaired) electrons. The Balaban J connectivity index is 1.46. The first-order valence-electron chi connectivity index (χ1n) is 13.0. The molecule has 0 amide bonds. The highest BCUT2D eigenvalue weighted by atomic mass is 35.5. The molecule has 0 spiro atoms. The van der Waals surface area contributed by atoms with Gasteiger partial charge in [0, 0.05) is 29.3 Å². The Morgan fingerprint density at radius 3 is 2.30 bits per heavy atom. The number of carbonyl (C=O) groups is 1. The minimum Gasteiger partial charge on any atom is -0.507 e. The number of hydrogen-bond acceptors (Lipinski definition) is 7. The molecule has 4 aromatic carbocycles. The van der Waals surface area contributed by atoms with Crippen LogP contribution in [0.1, 0.15) is 11.8 Å². The number of fused-ring (bicyclic) bond motifs is 1. The Labute approximate surface area is 255 Å². The molecular weight excluding hydrogens is 591 g/mol. The third-order valence-electron chi connectivity index (χ3n) is 6.72. The molecule has 1 atom stereocenters. The van der Waals surface area contributed by atoms with Gasteiger partial charge in [-0.1, -0.05) is 77.8 Å². The fourth-order valence-corrected chi connectivity index (χ4v) is 4.98. The van der Waals surface area contributed by atoms with Gasteiger partial charge in [-0.2, -0.15) is 5.10 Å². The third kappa shape index (κ3) is 5.58. The van der Waals surface area contributed by atoms with E-state index in [2.05, 4.69) is 0 Å². The molecule has 43 heavy (non-hydrogen) atoms. The first kappa shape index (κ1) is 28.1. The number of esters is 1. The summed E-state index contributed by atoms with van der Waals surface area (Å²) < 4.78 is 18.8. The standard InChI is InChI=1S/C33H22Cl2N2O6/c1-41-33(40)32(25-17-26(20-12-13-23(34)24(35)14-20)37(36-25)21-10-6-3-7-11-21)42-22-15-27(38)31-28(39)18-29(43-30(31)16-22)19-8-4-2-5-9-19/h2-18,32,38H,1H3. The minimum absolute atomic E-state index is 0.0168. The zero-order valence-electron chi connectivity index (χ0n) is 22.5. The Morgan fingerprint density at radius 1 is 0.884 bits per heavy atom. The molecule has 6 rings (SSSR count). The van der Waals surface area contributed by atoms with E-state index in [0.29, 0.717) is 32.6 Å². The molecule has 0 saturated carbocycles. The summed E-state index contributed by atoms with van der Waals surface area (Å²) in [4.78, 5) is 26.0. The van der Waals surface area contributed by atoms with Crippen molar-refractivity contribution in [3.05, 3.63) is 129 Å². The largest absolute Gasteiger partial charge is 0.507 e. The van der Waals surface area contributed by atoms with Crippen LogP contribution in [0.5, 0.6) is 11.5 Å². The maximum absolute atomic E-state index is 13.1. The van der Waals surface area contributed by atoms with Gasteiger partial charge in [-0.05, 0) is 30.3 Å². The van der Waals surface area contributed by atoms with E-state index >= 15 is 0 Å². The number of nitrogens with zero attached hydrogens (tertiary/aromatic N) is 2. The quantitative estimate of drug-likeness (QED) is 0.185. The van der Waals surface area contributed by atoms with Crippen molar-refractivity contribution in [3.8, 4) is 39.8 Å². The summed E-state index contributed by atoms with van der Waals surface area (Å²) in [7, 11) is 1.23. The van der Waals surface area contributed by atoms with Crippen molar-refractivity contribution in [1.82, 2.24) is 9.78 Å². The number of methoxy groups -OCH3 is 1. The minimum atomic E-state index is -1.35. The normalized spacial score (nSPS) is 11.8. The van der Waals surface area contributed by atoms with Crippen molar-refractivity contribution >= 4 is 40.1 Å². The molecule has 1 unspecified atom stereocenters. The Hall–Kier alpha value is -5.05. The summed E-state index contributed by atoms with van der Waals surface area (Å²) in [5.74, 6) is -0.737. The molecule has 0 aliphatic carbocycles. The monoisotopic (exact) mass is 612 g/mol. The number of ether oxygens (including phenoxy) is 2. The summed E-state index contributed by atoms with van der Waals surface area (Å²) >= 11 is 12.5. The van der Waals surface area contributed by atoms with Gasteiger partial charge in [-0.15, -0.1) is 0 Å². The summed E-state index contributed by atoms with van der Waals surface area (Å²) in [6.07, 6.45) is -1.35. The van der Waals surface area contributed by atoms with Gasteiger partial charge >= 0.3 is 5.97 Å². The first-order chi connectivity index (χ1) is 20.8. The van der Waals surface area contributed by atoms with Gasteiger partial charge in [0.25, 0.3) is 0 Å². The summed E-state index contributed by atoms with van der Waals surface area (Å²) in [5.41, 5.74) is 2.57. The number of phenolic OH excluding ortho intramolecular Hbond substituents is 1.